The van der Waals surface area contributed by atoms with Crippen molar-refractivity contribution < 1.29 is 4.79 Å². The van der Waals surface area contributed by atoms with Crippen LogP contribution in [0.1, 0.15) is 39.7 Å². The van der Waals surface area contributed by atoms with Crippen LogP contribution in [-0.2, 0) is 19.3 Å². The molecule has 0 atom stereocenters. The molecule has 0 spiro atoms. The van der Waals surface area contributed by atoms with Crippen LogP contribution in [0.15, 0.2) is 72.9 Å². The number of benzene rings is 2. The van der Waals surface area contributed by atoms with Crippen LogP contribution in [0.4, 0.5) is 5.82 Å². The molecule has 0 bridgehead atoms. The zero-order chi connectivity index (χ0) is 20.2. The molecule has 2 heterocycles. The van der Waals surface area contributed by atoms with Gasteiger partial charge in [-0.1, -0.05) is 49.4 Å². The fourth-order valence-corrected chi connectivity index (χ4v) is 3.48. The van der Waals surface area contributed by atoms with Gasteiger partial charge < -0.3 is 5.32 Å². The lowest BCUT2D eigenvalue weighted by Gasteiger charge is -2.09. The lowest BCUT2D eigenvalue weighted by Crippen LogP contribution is -2.15. The lowest BCUT2D eigenvalue weighted by molar-refractivity contribution is 0.102. The first-order chi connectivity index (χ1) is 14.1. The van der Waals surface area contributed by atoms with Crippen LogP contribution in [0, 0.1) is 6.92 Å². The summed E-state index contributed by atoms with van der Waals surface area (Å²) in [5.74, 6) is 0.636. The summed E-state index contributed by atoms with van der Waals surface area (Å²) in [7, 11) is 0. The third-order valence-electron chi connectivity index (χ3n) is 5.20. The number of rotatable bonds is 6. The zero-order valence-corrected chi connectivity index (χ0v) is 16.9. The molecule has 1 N–H and O–H groups in total. The van der Waals surface area contributed by atoms with E-state index < -0.39 is 0 Å². The van der Waals surface area contributed by atoms with Crippen molar-refractivity contribution in [3.8, 4) is 0 Å². The number of hydrogen-bond acceptors (Lipinski definition) is 2. The largest absolute Gasteiger partial charge is 0.306 e. The Kier molecular flexibility index (Phi) is 5.43. The Balaban J connectivity index is 1.64. The summed E-state index contributed by atoms with van der Waals surface area (Å²) < 4.78 is 1.96. The quantitative estimate of drug-likeness (QED) is 0.495. The van der Waals surface area contributed by atoms with E-state index in [9.17, 15) is 4.79 Å². The molecule has 29 heavy (non-hydrogen) atoms. The summed E-state index contributed by atoms with van der Waals surface area (Å²) in [6.07, 6.45) is 4.56. The first kappa shape index (κ1) is 18.9. The summed E-state index contributed by atoms with van der Waals surface area (Å²) >= 11 is 0. The summed E-state index contributed by atoms with van der Waals surface area (Å²) in [5.41, 5.74) is 6.02. The molecule has 4 aromatic rings. The second-order valence-electron chi connectivity index (χ2n) is 7.33. The first-order valence-corrected chi connectivity index (χ1v) is 10.1. The van der Waals surface area contributed by atoms with Gasteiger partial charge in [0.05, 0.1) is 5.69 Å². The normalized spacial score (nSPS) is 11.0. The number of hydrogen-bond donors (Lipinski definition) is 1. The van der Waals surface area contributed by atoms with Crippen LogP contribution in [-0.4, -0.2) is 15.3 Å². The van der Waals surface area contributed by atoms with Crippen molar-refractivity contribution in [3.63, 3.8) is 0 Å². The van der Waals surface area contributed by atoms with Gasteiger partial charge in [-0.3, -0.25) is 9.20 Å². The third kappa shape index (κ3) is 4.21. The molecule has 4 heteroatoms. The number of nitrogens with zero attached hydrogens (tertiary/aromatic N) is 2. The summed E-state index contributed by atoms with van der Waals surface area (Å²) in [4.78, 5) is 17.7. The molecule has 0 fully saturated rings. The van der Waals surface area contributed by atoms with Gasteiger partial charge in [0.25, 0.3) is 5.91 Å². The molecular formula is C25H25N3O. The van der Waals surface area contributed by atoms with Gasteiger partial charge in [-0.25, -0.2) is 4.98 Å². The van der Waals surface area contributed by atoms with Crippen LogP contribution in [0.25, 0.3) is 5.65 Å². The minimum Gasteiger partial charge on any atom is -0.306 e. The molecule has 0 aliphatic heterocycles. The van der Waals surface area contributed by atoms with Gasteiger partial charge >= 0.3 is 0 Å². The number of amides is 1. The van der Waals surface area contributed by atoms with E-state index in [0.717, 1.165) is 42.0 Å². The number of pyridine rings is 1. The highest BCUT2D eigenvalue weighted by molar-refractivity contribution is 6.04. The molecule has 0 saturated heterocycles. The Hall–Kier alpha value is -3.40. The van der Waals surface area contributed by atoms with Crippen LogP contribution in [0.5, 0.6) is 0 Å². The van der Waals surface area contributed by atoms with E-state index in [4.69, 9.17) is 4.98 Å². The molecule has 2 aromatic heterocycles. The number of carbonyl (C=O) groups is 1. The molecule has 0 radical (unpaired) electrons. The van der Waals surface area contributed by atoms with E-state index in [1.54, 1.807) is 0 Å². The second kappa shape index (κ2) is 8.31. The topological polar surface area (TPSA) is 46.4 Å². The standard InChI is InChI=1S/C25H25N3O/c1-3-19-9-12-21(13-10-19)25(29)27-24-22(14-11-20-7-5-4-6-8-20)26-23-17-18(2)15-16-28(23)24/h4-10,12-13,15-17H,3,11,14H2,1-2H3,(H,27,29). The molecule has 0 aliphatic rings. The highest BCUT2D eigenvalue weighted by Gasteiger charge is 2.16. The molecular weight excluding hydrogens is 358 g/mol. The fraction of sp³-hybridized carbons (Fsp3) is 0.200. The van der Waals surface area contributed by atoms with E-state index >= 15 is 0 Å². The average molecular weight is 383 g/mol. The predicted molar refractivity (Wildman–Crippen MR) is 118 cm³/mol. The van der Waals surface area contributed by atoms with Gasteiger partial charge in [0, 0.05) is 11.8 Å². The van der Waals surface area contributed by atoms with Crippen molar-refractivity contribution in [1.29, 1.82) is 0 Å². The smallest absolute Gasteiger partial charge is 0.256 e. The Morgan fingerprint density at radius 1 is 0.966 bits per heavy atom. The molecule has 1 amide bonds. The maximum absolute atomic E-state index is 12.9. The van der Waals surface area contributed by atoms with Gasteiger partial charge in [0.15, 0.2) is 0 Å². The van der Waals surface area contributed by atoms with Crippen molar-refractivity contribution in [1.82, 2.24) is 9.38 Å². The molecule has 0 aliphatic carbocycles. The highest BCUT2D eigenvalue weighted by Crippen LogP contribution is 2.22. The summed E-state index contributed by atoms with van der Waals surface area (Å²) in [6.45, 7) is 4.15. The second-order valence-corrected chi connectivity index (χ2v) is 7.33. The third-order valence-corrected chi connectivity index (χ3v) is 5.20. The molecule has 4 nitrogen and oxygen atoms in total. The van der Waals surface area contributed by atoms with E-state index in [1.165, 1.54) is 11.1 Å². The van der Waals surface area contributed by atoms with Crippen molar-refractivity contribution in [3.05, 3.63) is 101 Å². The van der Waals surface area contributed by atoms with E-state index in [2.05, 4.69) is 24.4 Å². The van der Waals surface area contributed by atoms with Gasteiger partial charge in [-0.2, -0.15) is 0 Å². The number of aromatic nitrogens is 2. The zero-order valence-electron chi connectivity index (χ0n) is 16.9. The number of anilines is 1. The number of fused-ring (bicyclic) bond motifs is 1. The van der Waals surface area contributed by atoms with Crippen LogP contribution in [0.3, 0.4) is 0 Å². The van der Waals surface area contributed by atoms with Gasteiger partial charge in [-0.15, -0.1) is 0 Å². The Morgan fingerprint density at radius 2 is 1.72 bits per heavy atom. The van der Waals surface area contributed by atoms with Gasteiger partial charge in [0.2, 0.25) is 0 Å². The number of imidazole rings is 1. The molecule has 4 rings (SSSR count). The Labute approximate surface area is 171 Å². The van der Waals surface area contributed by atoms with E-state index in [1.807, 2.05) is 72.1 Å². The number of nitrogens with one attached hydrogen (secondary N) is 1. The fourth-order valence-electron chi connectivity index (χ4n) is 3.48. The van der Waals surface area contributed by atoms with E-state index in [0.29, 0.717) is 5.56 Å². The van der Waals surface area contributed by atoms with Crippen molar-refractivity contribution >= 4 is 17.4 Å². The van der Waals surface area contributed by atoms with Crippen LogP contribution in [0.2, 0.25) is 0 Å². The molecule has 146 valence electrons. The van der Waals surface area contributed by atoms with Crippen molar-refractivity contribution in [2.45, 2.75) is 33.1 Å². The van der Waals surface area contributed by atoms with Crippen molar-refractivity contribution in [2.24, 2.45) is 0 Å². The number of carbonyl (C=O) groups excluding carboxylic acids is 1. The predicted octanol–water partition coefficient (Wildman–Crippen LogP) is 5.24. The summed E-state index contributed by atoms with van der Waals surface area (Å²) in [6, 6.07) is 22.2. The van der Waals surface area contributed by atoms with E-state index in [-0.39, 0.29) is 5.91 Å². The highest BCUT2D eigenvalue weighted by atomic mass is 16.1. The molecule has 2 aromatic carbocycles. The van der Waals surface area contributed by atoms with Gasteiger partial charge in [0.1, 0.15) is 11.5 Å². The maximum atomic E-state index is 12.9. The Morgan fingerprint density at radius 3 is 2.45 bits per heavy atom. The summed E-state index contributed by atoms with van der Waals surface area (Å²) in [5, 5.41) is 3.10. The first-order valence-electron chi connectivity index (χ1n) is 10.1. The van der Waals surface area contributed by atoms with Crippen LogP contribution >= 0.6 is 0 Å². The van der Waals surface area contributed by atoms with Crippen LogP contribution < -0.4 is 5.32 Å². The minimum atomic E-state index is -0.115. The molecule has 0 unspecified atom stereocenters. The Bertz CT molecular complexity index is 1130. The SMILES string of the molecule is CCc1ccc(C(=O)Nc2c(CCc3ccccc3)nc3cc(C)ccn23)cc1. The van der Waals surface area contributed by atoms with Crippen molar-refractivity contribution in [2.75, 3.05) is 5.32 Å². The minimum absolute atomic E-state index is 0.115. The lowest BCUT2D eigenvalue weighted by atomic mass is 10.1. The number of aryl methyl sites for hydroxylation is 4. The van der Waals surface area contributed by atoms with Gasteiger partial charge in [-0.05, 0) is 67.1 Å². The molecule has 0 saturated carbocycles. The maximum Gasteiger partial charge on any atom is 0.256 e. The average Bonchev–Trinajstić information content (AvgIpc) is 3.09. The monoisotopic (exact) mass is 383 g/mol.